The topological polar surface area (TPSA) is 71.1 Å². The number of aryl methyl sites for hydroxylation is 1. The third-order valence-electron chi connectivity index (χ3n) is 2.80. The summed E-state index contributed by atoms with van der Waals surface area (Å²) in [7, 11) is -3.64. The minimum atomic E-state index is -3.64. The van der Waals surface area contributed by atoms with Crippen molar-refractivity contribution in [2.45, 2.75) is 18.7 Å². The van der Waals surface area contributed by atoms with Gasteiger partial charge in [0.15, 0.2) is 0 Å². The minimum absolute atomic E-state index is 0.227. The first kappa shape index (κ1) is 14.3. The van der Waals surface area contributed by atoms with Crippen LogP contribution >= 0.6 is 0 Å². The molecule has 0 fully saturated rings. The van der Waals surface area contributed by atoms with Crippen molar-refractivity contribution in [2.24, 2.45) is 0 Å². The Morgan fingerprint density at radius 1 is 1.10 bits per heavy atom. The number of anilines is 2. The van der Waals surface area contributed by atoms with E-state index in [0.29, 0.717) is 23.6 Å². The van der Waals surface area contributed by atoms with Gasteiger partial charge in [-0.3, -0.25) is 9.71 Å². The molecular formula is C14H17N3O2S. The first-order valence-electron chi connectivity index (χ1n) is 6.32. The summed E-state index contributed by atoms with van der Waals surface area (Å²) in [6.07, 6.45) is 1.62. The van der Waals surface area contributed by atoms with E-state index >= 15 is 0 Å². The summed E-state index contributed by atoms with van der Waals surface area (Å²) in [5.74, 6) is 0. The summed E-state index contributed by atoms with van der Waals surface area (Å²) in [4.78, 5) is 4.30. The molecule has 1 heterocycles. The fraction of sp³-hybridized carbons (Fsp3) is 0.214. The highest BCUT2D eigenvalue weighted by Gasteiger charge is 2.18. The Hall–Kier alpha value is -2.08. The van der Waals surface area contributed by atoms with Crippen LogP contribution in [-0.4, -0.2) is 19.9 Å². The quantitative estimate of drug-likeness (QED) is 0.888. The van der Waals surface area contributed by atoms with E-state index in [1.54, 1.807) is 49.5 Å². The minimum Gasteiger partial charge on any atom is -0.384 e. The molecule has 1 aromatic heterocycles. The van der Waals surface area contributed by atoms with Gasteiger partial charge in [-0.25, -0.2) is 8.42 Å². The van der Waals surface area contributed by atoms with Gasteiger partial charge in [0.2, 0.25) is 0 Å². The van der Waals surface area contributed by atoms with Crippen molar-refractivity contribution >= 4 is 21.4 Å². The van der Waals surface area contributed by atoms with Gasteiger partial charge in [0.05, 0.1) is 17.1 Å². The molecular weight excluding hydrogens is 274 g/mol. The standard InChI is InChI=1S/C14H17N3O2S/c1-3-15-13-7-4-5-9-14(13)20(18,19)17-12-8-6-10-16-11(12)2/h4-10,15,17H,3H2,1-2H3. The fourth-order valence-electron chi connectivity index (χ4n) is 1.83. The Labute approximate surface area is 119 Å². The molecule has 0 aliphatic rings. The van der Waals surface area contributed by atoms with E-state index in [1.165, 1.54) is 0 Å². The molecule has 0 spiro atoms. The Balaban J connectivity index is 2.39. The number of nitrogens with one attached hydrogen (secondary N) is 2. The van der Waals surface area contributed by atoms with Gasteiger partial charge in [-0.05, 0) is 38.1 Å². The summed E-state index contributed by atoms with van der Waals surface area (Å²) in [6, 6.07) is 10.2. The molecule has 0 amide bonds. The van der Waals surface area contributed by atoms with Crippen molar-refractivity contribution in [3.63, 3.8) is 0 Å². The van der Waals surface area contributed by atoms with Gasteiger partial charge in [-0.15, -0.1) is 0 Å². The Bertz CT molecular complexity index is 699. The summed E-state index contributed by atoms with van der Waals surface area (Å²) in [5.41, 5.74) is 1.71. The zero-order valence-corrected chi connectivity index (χ0v) is 12.2. The van der Waals surface area contributed by atoms with Gasteiger partial charge in [-0.1, -0.05) is 12.1 Å². The number of nitrogens with zero attached hydrogens (tertiary/aromatic N) is 1. The van der Waals surface area contributed by atoms with Crippen LogP contribution in [-0.2, 0) is 10.0 Å². The predicted octanol–water partition coefficient (Wildman–Crippen LogP) is 2.62. The van der Waals surface area contributed by atoms with Crippen molar-refractivity contribution in [1.29, 1.82) is 0 Å². The van der Waals surface area contributed by atoms with Crippen LogP contribution in [0.1, 0.15) is 12.6 Å². The first-order chi connectivity index (χ1) is 9.54. The number of para-hydroxylation sites is 1. The van der Waals surface area contributed by atoms with E-state index in [2.05, 4.69) is 15.0 Å². The highest BCUT2D eigenvalue weighted by molar-refractivity contribution is 7.92. The maximum Gasteiger partial charge on any atom is 0.264 e. The lowest BCUT2D eigenvalue weighted by atomic mass is 10.3. The third-order valence-corrected chi connectivity index (χ3v) is 4.22. The lowest BCUT2D eigenvalue weighted by Gasteiger charge is -2.13. The van der Waals surface area contributed by atoms with Gasteiger partial charge in [0, 0.05) is 12.7 Å². The number of sulfonamides is 1. The van der Waals surface area contributed by atoms with Crippen LogP contribution in [0.15, 0.2) is 47.5 Å². The molecule has 20 heavy (non-hydrogen) atoms. The van der Waals surface area contributed by atoms with Gasteiger partial charge in [-0.2, -0.15) is 0 Å². The summed E-state index contributed by atoms with van der Waals surface area (Å²) < 4.78 is 27.5. The highest BCUT2D eigenvalue weighted by atomic mass is 32.2. The SMILES string of the molecule is CCNc1ccccc1S(=O)(=O)Nc1cccnc1C. The molecule has 2 aromatic rings. The van der Waals surface area contributed by atoms with Crippen LogP contribution in [0.4, 0.5) is 11.4 Å². The second kappa shape index (κ2) is 5.92. The largest absolute Gasteiger partial charge is 0.384 e. The van der Waals surface area contributed by atoms with Crippen LogP contribution in [0, 0.1) is 6.92 Å². The van der Waals surface area contributed by atoms with Crippen LogP contribution < -0.4 is 10.0 Å². The van der Waals surface area contributed by atoms with Crippen molar-refractivity contribution in [3.8, 4) is 0 Å². The van der Waals surface area contributed by atoms with Crippen LogP contribution in [0.3, 0.4) is 0 Å². The smallest absolute Gasteiger partial charge is 0.264 e. The molecule has 1 aromatic carbocycles. The third kappa shape index (κ3) is 3.08. The van der Waals surface area contributed by atoms with Crippen LogP contribution in [0.5, 0.6) is 0 Å². The first-order valence-corrected chi connectivity index (χ1v) is 7.80. The number of pyridine rings is 1. The Morgan fingerprint density at radius 2 is 1.80 bits per heavy atom. The average molecular weight is 291 g/mol. The molecule has 5 nitrogen and oxygen atoms in total. The summed E-state index contributed by atoms with van der Waals surface area (Å²) in [6.45, 7) is 4.33. The molecule has 2 rings (SSSR count). The van der Waals surface area contributed by atoms with E-state index in [0.717, 1.165) is 0 Å². The lowest BCUT2D eigenvalue weighted by Crippen LogP contribution is -2.16. The van der Waals surface area contributed by atoms with E-state index in [4.69, 9.17) is 0 Å². The molecule has 0 aliphatic carbocycles. The summed E-state index contributed by atoms with van der Waals surface area (Å²) in [5, 5.41) is 3.05. The van der Waals surface area contributed by atoms with Gasteiger partial charge in [0.25, 0.3) is 10.0 Å². The van der Waals surface area contributed by atoms with Crippen molar-refractivity contribution in [1.82, 2.24) is 4.98 Å². The maximum atomic E-state index is 12.5. The molecule has 0 unspecified atom stereocenters. The molecule has 2 N–H and O–H groups in total. The van der Waals surface area contributed by atoms with Crippen molar-refractivity contribution in [3.05, 3.63) is 48.3 Å². The highest BCUT2D eigenvalue weighted by Crippen LogP contribution is 2.24. The molecule has 106 valence electrons. The monoisotopic (exact) mass is 291 g/mol. The normalized spacial score (nSPS) is 11.1. The molecule has 0 saturated heterocycles. The zero-order valence-electron chi connectivity index (χ0n) is 11.4. The second-order valence-corrected chi connectivity index (χ2v) is 5.92. The Morgan fingerprint density at radius 3 is 2.50 bits per heavy atom. The van der Waals surface area contributed by atoms with Crippen LogP contribution in [0.25, 0.3) is 0 Å². The average Bonchev–Trinajstić information content (AvgIpc) is 2.42. The zero-order chi connectivity index (χ0) is 14.6. The summed E-state index contributed by atoms with van der Waals surface area (Å²) >= 11 is 0. The van der Waals surface area contributed by atoms with Gasteiger partial charge >= 0.3 is 0 Å². The fourth-order valence-corrected chi connectivity index (χ4v) is 3.13. The van der Waals surface area contributed by atoms with Gasteiger partial charge < -0.3 is 5.32 Å². The molecule has 0 aliphatic heterocycles. The van der Waals surface area contributed by atoms with E-state index in [1.807, 2.05) is 6.92 Å². The number of rotatable bonds is 5. The van der Waals surface area contributed by atoms with Gasteiger partial charge in [0.1, 0.15) is 4.90 Å². The Kier molecular flexibility index (Phi) is 4.24. The molecule has 0 bridgehead atoms. The second-order valence-electron chi connectivity index (χ2n) is 4.27. The van der Waals surface area contributed by atoms with E-state index < -0.39 is 10.0 Å². The molecule has 0 atom stereocenters. The van der Waals surface area contributed by atoms with E-state index in [9.17, 15) is 8.42 Å². The molecule has 0 saturated carbocycles. The number of benzene rings is 1. The molecule has 6 heteroatoms. The van der Waals surface area contributed by atoms with Crippen molar-refractivity contribution < 1.29 is 8.42 Å². The number of aromatic nitrogens is 1. The predicted molar refractivity (Wildman–Crippen MR) is 80.4 cm³/mol. The number of hydrogen-bond donors (Lipinski definition) is 2. The lowest BCUT2D eigenvalue weighted by molar-refractivity contribution is 0.601. The van der Waals surface area contributed by atoms with Crippen molar-refractivity contribution in [2.75, 3.05) is 16.6 Å². The number of hydrogen-bond acceptors (Lipinski definition) is 4. The van der Waals surface area contributed by atoms with E-state index in [-0.39, 0.29) is 4.90 Å². The van der Waals surface area contributed by atoms with Crippen LogP contribution in [0.2, 0.25) is 0 Å². The molecule has 0 radical (unpaired) electrons. The maximum absolute atomic E-state index is 12.5.